The summed E-state index contributed by atoms with van der Waals surface area (Å²) in [6, 6.07) is 9.65. The van der Waals surface area contributed by atoms with Crippen molar-refractivity contribution in [1.29, 1.82) is 0 Å². The van der Waals surface area contributed by atoms with Crippen LogP contribution in [-0.4, -0.2) is 31.4 Å². The van der Waals surface area contributed by atoms with E-state index in [9.17, 15) is 13.6 Å². The number of rotatable bonds is 5. The average Bonchev–Trinajstić information content (AvgIpc) is 3.14. The van der Waals surface area contributed by atoms with Crippen molar-refractivity contribution >= 4 is 50.3 Å². The van der Waals surface area contributed by atoms with Crippen LogP contribution in [0.2, 0.25) is 0 Å². The van der Waals surface area contributed by atoms with E-state index in [1.54, 1.807) is 10.9 Å². The quantitative estimate of drug-likeness (QED) is 0.319. The minimum atomic E-state index is -0.857. The Morgan fingerprint density at radius 1 is 1.20 bits per heavy atom. The molecule has 0 spiro atoms. The Balaban J connectivity index is 1.52. The molecule has 2 aromatic heterocycles. The minimum Gasteiger partial charge on any atom is -0.322 e. The summed E-state index contributed by atoms with van der Waals surface area (Å²) < 4.78 is 28.9. The molecule has 2 aromatic carbocycles. The van der Waals surface area contributed by atoms with Crippen LogP contribution in [0.25, 0.3) is 16.7 Å². The maximum absolute atomic E-state index is 13.9. The van der Waals surface area contributed by atoms with Crippen LogP contribution >= 0.6 is 27.7 Å². The van der Waals surface area contributed by atoms with E-state index in [1.165, 1.54) is 18.1 Å². The minimum absolute atomic E-state index is 0.0227. The summed E-state index contributed by atoms with van der Waals surface area (Å²) in [7, 11) is 0. The lowest BCUT2D eigenvalue weighted by Crippen LogP contribution is -2.15. The monoisotopic (exact) mass is 489 g/mol. The van der Waals surface area contributed by atoms with Crippen LogP contribution in [0.1, 0.15) is 5.56 Å². The number of aromatic nitrogens is 4. The molecule has 1 amide bonds. The molecular formula is C20H14BrF2N5OS. The predicted octanol–water partition coefficient (Wildman–Crippen LogP) is 4.90. The number of aryl methyl sites for hydroxylation is 1. The number of carbonyl (C=O) groups is 1. The molecule has 0 aliphatic rings. The SMILES string of the molecule is Cc1ccc(-n2ncc3c(SCC(=O)Nc4c(F)cc(F)cc4Br)ncnc32)cc1. The average molecular weight is 490 g/mol. The maximum Gasteiger partial charge on any atom is 0.234 e. The molecule has 0 bridgehead atoms. The fourth-order valence-electron chi connectivity index (χ4n) is 2.78. The first-order valence-electron chi connectivity index (χ1n) is 8.75. The lowest BCUT2D eigenvalue weighted by molar-refractivity contribution is -0.113. The van der Waals surface area contributed by atoms with E-state index in [0.29, 0.717) is 22.1 Å². The number of nitrogens with one attached hydrogen (secondary N) is 1. The molecule has 0 atom stereocenters. The van der Waals surface area contributed by atoms with Crippen LogP contribution in [-0.2, 0) is 4.79 Å². The highest BCUT2D eigenvalue weighted by molar-refractivity contribution is 9.10. The molecule has 4 aromatic rings. The summed E-state index contributed by atoms with van der Waals surface area (Å²) >= 11 is 4.23. The number of thioether (sulfide) groups is 1. The lowest BCUT2D eigenvalue weighted by Gasteiger charge is -2.09. The number of hydrogen-bond acceptors (Lipinski definition) is 5. The molecule has 1 N–H and O–H groups in total. The van der Waals surface area contributed by atoms with Gasteiger partial charge in [0.25, 0.3) is 0 Å². The van der Waals surface area contributed by atoms with Crippen LogP contribution in [0.5, 0.6) is 0 Å². The smallest absolute Gasteiger partial charge is 0.234 e. The molecule has 30 heavy (non-hydrogen) atoms. The molecule has 10 heteroatoms. The predicted molar refractivity (Wildman–Crippen MR) is 115 cm³/mol. The first-order chi connectivity index (χ1) is 14.4. The second-order valence-corrected chi connectivity index (χ2v) is 8.21. The third kappa shape index (κ3) is 4.19. The number of halogens is 3. The van der Waals surface area contributed by atoms with Crippen molar-refractivity contribution in [2.45, 2.75) is 11.9 Å². The zero-order chi connectivity index (χ0) is 21.3. The topological polar surface area (TPSA) is 72.7 Å². The molecule has 0 unspecified atom stereocenters. The largest absolute Gasteiger partial charge is 0.322 e. The molecular weight excluding hydrogens is 476 g/mol. The first kappa shape index (κ1) is 20.4. The molecule has 0 radical (unpaired) electrons. The Morgan fingerprint density at radius 2 is 1.97 bits per heavy atom. The Kier molecular flexibility index (Phi) is 5.78. The number of hydrogen-bond donors (Lipinski definition) is 1. The Bertz CT molecular complexity index is 1220. The van der Waals surface area contributed by atoms with Crippen molar-refractivity contribution in [3.63, 3.8) is 0 Å². The van der Waals surface area contributed by atoms with Crippen molar-refractivity contribution in [2.75, 3.05) is 11.1 Å². The van der Waals surface area contributed by atoms with Crippen LogP contribution in [0.3, 0.4) is 0 Å². The van der Waals surface area contributed by atoms with Gasteiger partial charge in [-0.05, 0) is 41.1 Å². The van der Waals surface area contributed by atoms with Gasteiger partial charge in [-0.3, -0.25) is 4.79 Å². The van der Waals surface area contributed by atoms with E-state index in [-0.39, 0.29) is 15.9 Å². The fourth-order valence-corrected chi connectivity index (χ4v) is 4.05. The van der Waals surface area contributed by atoms with Crippen molar-refractivity contribution in [2.24, 2.45) is 0 Å². The summed E-state index contributed by atoms with van der Waals surface area (Å²) in [4.78, 5) is 20.8. The van der Waals surface area contributed by atoms with Gasteiger partial charge in [-0.15, -0.1) is 0 Å². The van der Waals surface area contributed by atoms with Crippen molar-refractivity contribution in [3.05, 3.63) is 70.6 Å². The van der Waals surface area contributed by atoms with Gasteiger partial charge in [0.2, 0.25) is 5.91 Å². The number of fused-ring (bicyclic) bond motifs is 1. The van der Waals surface area contributed by atoms with E-state index in [1.807, 2.05) is 31.2 Å². The molecule has 6 nitrogen and oxygen atoms in total. The van der Waals surface area contributed by atoms with Gasteiger partial charge in [-0.1, -0.05) is 29.5 Å². The molecule has 0 saturated carbocycles. The van der Waals surface area contributed by atoms with E-state index in [0.717, 1.165) is 17.3 Å². The van der Waals surface area contributed by atoms with Crippen LogP contribution < -0.4 is 5.32 Å². The van der Waals surface area contributed by atoms with Crippen LogP contribution in [0.15, 0.2) is 58.4 Å². The zero-order valence-electron chi connectivity index (χ0n) is 15.6. The van der Waals surface area contributed by atoms with Gasteiger partial charge < -0.3 is 5.32 Å². The third-order valence-corrected chi connectivity index (χ3v) is 5.85. The standard InChI is InChI=1S/C20H14BrF2N5OS/c1-11-2-4-13(5-3-11)28-19-14(8-26-28)20(25-10-24-19)30-9-17(29)27-18-15(21)6-12(22)7-16(18)23/h2-8,10H,9H2,1H3,(H,27,29). The van der Waals surface area contributed by atoms with Gasteiger partial charge in [-0.25, -0.2) is 23.4 Å². The molecule has 2 heterocycles. The van der Waals surface area contributed by atoms with Gasteiger partial charge in [0.1, 0.15) is 17.2 Å². The van der Waals surface area contributed by atoms with Crippen molar-refractivity contribution in [3.8, 4) is 5.69 Å². The number of anilines is 1. The summed E-state index contributed by atoms with van der Waals surface area (Å²) in [6.45, 7) is 2.00. The summed E-state index contributed by atoms with van der Waals surface area (Å²) in [6.07, 6.45) is 3.05. The summed E-state index contributed by atoms with van der Waals surface area (Å²) in [5, 5.41) is 8.11. The van der Waals surface area contributed by atoms with E-state index in [4.69, 9.17) is 0 Å². The highest BCUT2D eigenvalue weighted by atomic mass is 79.9. The van der Waals surface area contributed by atoms with E-state index in [2.05, 4.69) is 36.3 Å². The number of carbonyl (C=O) groups excluding carboxylic acids is 1. The highest BCUT2D eigenvalue weighted by Crippen LogP contribution is 2.29. The number of nitrogens with zero attached hydrogens (tertiary/aromatic N) is 4. The Morgan fingerprint density at radius 3 is 2.70 bits per heavy atom. The molecule has 152 valence electrons. The zero-order valence-corrected chi connectivity index (χ0v) is 18.0. The molecule has 4 rings (SSSR count). The number of benzene rings is 2. The molecule has 0 aliphatic heterocycles. The summed E-state index contributed by atoms with van der Waals surface area (Å²) in [5.74, 6) is -2.07. The van der Waals surface area contributed by atoms with E-state index < -0.39 is 17.5 Å². The Labute approximate surface area is 182 Å². The fraction of sp³-hybridized carbons (Fsp3) is 0.100. The van der Waals surface area contributed by atoms with Gasteiger partial charge >= 0.3 is 0 Å². The normalized spacial score (nSPS) is 11.1. The Hall–Kier alpha value is -2.85. The van der Waals surface area contributed by atoms with Gasteiger partial charge in [0, 0.05) is 10.5 Å². The second kappa shape index (κ2) is 8.49. The second-order valence-electron chi connectivity index (χ2n) is 6.39. The van der Waals surface area contributed by atoms with E-state index >= 15 is 0 Å². The molecule has 0 saturated heterocycles. The maximum atomic E-state index is 13.9. The van der Waals surface area contributed by atoms with Gasteiger partial charge in [-0.2, -0.15) is 5.10 Å². The number of amides is 1. The third-order valence-electron chi connectivity index (χ3n) is 4.22. The van der Waals surface area contributed by atoms with Crippen LogP contribution in [0.4, 0.5) is 14.5 Å². The molecule has 0 aliphatic carbocycles. The van der Waals surface area contributed by atoms with Crippen molar-refractivity contribution < 1.29 is 13.6 Å². The van der Waals surface area contributed by atoms with Gasteiger partial charge in [0.05, 0.1) is 28.7 Å². The summed E-state index contributed by atoms with van der Waals surface area (Å²) in [5.41, 5.74) is 2.50. The lowest BCUT2D eigenvalue weighted by atomic mass is 10.2. The first-order valence-corrected chi connectivity index (χ1v) is 10.5. The van der Waals surface area contributed by atoms with Crippen LogP contribution in [0, 0.1) is 18.6 Å². The highest BCUT2D eigenvalue weighted by Gasteiger charge is 2.16. The van der Waals surface area contributed by atoms with Gasteiger partial charge in [0.15, 0.2) is 11.5 Å². The van der Waals surface area contributed by atoms with Crippen molar-refractivity contribution in [1.82, 2.24) is 19.7 Å². The molecule has 0 fully saturated rings.